The minimum absolute atomic E-state index is 0.397. The normalized spacial score (nSPS) is 12.1. The summed E-state index contributed by atoms with van der Waals surface area (Å²) in [6, 6.07) is 9.99. The second-order valence-electron chi connectivity index (χ2n) is 4.61. The van der Waals surface area contributed by atoms with Crippen LogP contribution in [0.25, 0.3) is 10.8 Å². The molecule has 2 amide bonds. The van der Waals surface area contributed by atoms with Gasteiger partial charge in [-0.1, -0.05) is 93.9 Å². The van der Waals surface area contributed by atoms with E-state index in [1.165, 1.54) is 0 Å². The molecule has 10 heteroatoms. The van der Waals surface area contributed by atoms with E-state index in [0.717, 1.165) is 0 Å². The quantitative estimate of drug-likeness (QED) is 0.599. The van der Waals surface area contributed by atoms with Gasteiger partial charge in [-0.05, 0) is 12.1 Å². The summed E-state index contributed by atoms with van der Waals surface area (Å²) in [5.74, 6) is -1.62. The lowest BCUT2D eigenvalue weighted by atomic mass is 10.1. The summed E-state index contributed by atoms with van der Waals surface area (Å²) >= 11 is 33.3. The number of halogens is 6. The highest BCUT2D eigenvalue weighted by Crippen LogP contribution is 2.34. The van der Waals surface area contributed by atoms with E-state index >= 15 is 0 Å². The van der Waals surface area contributed by atoms with Gasteiger partial charge < -0.3 is 10.6 Å². The topological polar surface area (TPSA) is 58.2 Å². The monoisotopic (exact) mass is 446 g/mol. The van der Waals surface area contributed by atoms with Gasteiger partial charge in [0.15, 0.2) is 0 Å². The molecular weight excluding hydrogens is 441 g/mol. The Morgan fingerprint density at radius 1 is 0.667 bits per heavy atom. The van der Waals surface area contributed by atoms with Crippen molar-refractivity contribution in [3.63, 3.8) is 0 Å². The Kier molecular flexibility index (Phi) is 6.01. The van der Waals surface area contributed by atoms with E-state index in [1.54, 1.807) is 36.4 Å². The second kappa shape index (κ2) is 7.32. The van der Waals surface area contributed by atoms with E-state index in [0.29, 0.717) is 22.1 Å². The van der Waals surface area contributed by atoms with Gasteiger partial charge in [0.2, 0.25) is 0 Å². The van der Waals surface area contributed by atoms with Gasteiger partial charge in [-0.15, -0.1) is 0 Å². The fraction of sp³-hybridized carbons (Fsp3) is 0.143. The van der Waals surface area contributed by atoms with Crippen LogP contribution in [0.5, 0.6) is 0 Å². The molecule has 0 spiro atoms. The summed E-state index contributed by atoms with van der Waals surface area (Å²) in [4.78, 5) is 23.7. The van der Waals surface area contributed by atoms with Crippen molar-refractivity contribution >= 4 is 104 Å². The molecule has 0 unspecified atom stereocenters. The Morgan fingerprint density at radius 3 is 1.29 bits per heavy atom. The third-order valence-corrected chi connectivity index (χ3v) is 3.96. The average Bonchev–Trinajstić information content (AvgIpc) is 2.46. The number of carbonyl (C=O) groups excluding carboxylic acids is 2. The van der Waals surface area contributed by atoms with Crippen LogP contribution in [-0.4, -0.2) is 19.4 Å². The Balaban J connectivity index is 2.43. The van der Waals surface area contributed by atoms with Crippen molar-refractivity contribution in [2.45, 2.75) is 7.59 Å². The van der Waals surface area contributed by atoms with E-state index in [-0.39, 0.29) is 0 Å². The van der Waals surface area contributed by atoms with Crippen molar-refractivity contribution in [2.75, 3.05) is 10.6 Å². The van der Waals surface area contributed by atoms with Gasteiger partial charge in [0.25, 0.3) is 19.4 Å². The molecule has 0 saturated carbocycles. The van der Waals surface area contributed by atoms with Crippen LogP contribution >= 0.6 is 69.6 Å². The van der Waals surface area contributed by atoms with Gasteiger partial charge in [0, 0.05) is 22.1 Å². The number of nitrogens with one attached hydrogen (secondary N) is 2. The van der Waals surface area contributed by atoms with Gasteiger partial charge in [-0.25, -0.2) is 0 Å². The summed E-state index contributed by atoms with van der Waals surface area (Å²) < 4.78 is -4.22. The molecule has 0 bridgehead atoms. The molecule has 4 nitrogen and oxygen atoms in total. The van der Waals surface area contributed by atoms with Crippen molar-refractivity contribution in [1.29, 1.82) is 0 Å². The van der Waals surface area contributed by atoms with Crippen LogP contribution in [-0.2, 0) is 9.59 Å². The van der Waals surface area contributed by atoms with Crippen molar-refractivity contribution in [3.05, 3.63) is 36.4 Å². The predicted molar refractivity (Wildman–Crippen MR) is 102 cm³/mol. The Labute approximate surface area is 167 Å². The Hall–Kier alpha value is -0.620. The minimum Gasteiger partial charge on any atom is -0.322 e. The Morgan fingerprint density at radius 2 is 1.00 bits per heavy atom. The molecule has 2 aromatic rings. The number of fused-ring (bicyclic) bond motifs is 1. The summed E-state index contributed by atoms with van der Waals surface area (Å²) in [7, 11) is 0. The number of carbonyl (C=O) groups is 2. The fourth-order valence-corrected chi connectivity index (χ4v) is 2.20. The molecule has 0 aromatic heterocycles. The van der Waals surface area contributed by atoms with Crippen LogP contribution in [0.2, 0.25) is 0 Å². The third kappa shape index (κ3) is 4.72. The molecule has 0 atom stereocenters. The lowest BCUT2D eigenvalue weighted by Gasteiger charge is -2.16. The van der Waals surface area contributed by atoms with Crippen molar-refractivity contribution in [2.24, 2.45) is 0 Å². The molecule has 0 aliphatic carbocycles. The smallest absolute Gasteiger partial charge is 0.276 e. The fourth-order valence-electron chi connectivity index (χ4n) is 1.91. The van der Waals surface area contributed by atoms with Crippen LogP contribution < -0.4 is 10.6 Å². The minimum atomic E-state index is -2.11. The van der Waals surface area contributed by atoms with Gasteiger partial charge in [0.05, 0.1) is 0 Å². The molecular formula is C14H8Cl6N2O2. The maximum absolute atomic E-state index is 11.8. The number of rotatable bonds is 2. The zero-order valence-electron chi connectivity index (χ0n) is 11.5. The molecule has 0 aliphatic rings. The summed E-state index contributed by atoms with van der Waals surface area (Å²) in [5.41, 5.74) is 0.794. The zero-order valence-corrected chi connectivity index (χ0v) is 16.1. The molecule has 0 fully saturated rings. The molecule has 0 aliphatic heterocycles. The first-order valence-electron chi connectivity index (χ1n) is 6.28. The van der Waals surface area contributed by atoms with Gasteiger partial charge >= 0.3 is 0 Å². The summed E-state index contributed by atoms with van der Waals surface area (Å²) in [6.07, 6.45) is 0. The molecule has 0 heterocycles. The lowest BCUT2D eigenvalue weighted by Crippen LogP contribution is -2.27. The molecule has 0 saturated heterocycles. The zero-order chi connectivity index (χ0) is 18.1. The van der Waals surface area contributed by atoms with Gasteiger partial charge in [-0.2, -0.15) is 0 Å². The van der Waals surface area contributed by atoms with E-state index in [9.17, 15) is 9.59 Å². The van der Waals surface area contributed by atoms with E-state index in [4.69, 9.17) is 69.6 Å². The van der Waals surface area contributed by atoms with E-state index < -0.39 is 19.4 Å². The number of hydrogen-bond donors (Lipinski definition) is 2. The summed E-state index contributed by atoms with van der Waals surface area (Å²) in [5, 5.41) is 6.22. The van der Waals surface area contributed by atoms with Crippen molar-refractivity contribution in [3.8, 4) is 0 Å². The van der Waals surface area contributed by atoms with E-state index in [2.05, 4.69) is 10.6 Å². The SMILES string of the molecule is O=C(Nc1cccc2c(NC(=O)C(Cl)(Cl)Cl)cccc12)C(Cl)(Cl)Cl. The van der Waals surface area contributed by atoms with Gasteiger partial charge in [-0.3, -0.25) is 9.59 Å². The maximum Gasteiger partial charge on any atom is 0.276 e. The predicted octanol–water partition coefficient (Wildman–Crippen LogP) is 5.46. The Bertz CT molecular complexity index is 731. The number of anilines is 2. The maximum atomic E-state index is 11.8. The average molecular weight is 449 g/mol. The number of benzene rings is 2. The molecule has 128 valence electrons. The highest BCUT2D eigenvalue weighted by molar-refractivity contribution is 6.77. The van der Waals surface area contributed by atoms with Crippen LogP contribution in [0.4, 0.5) is 11.4 Å². The van der Waals surface area contributed by atoms with Crippen LogP contribution in [0, 0.1) is 0 Å². The summed E-state index contributed by atoms with van der Waals surface area (Å²) in [6.45, 7) is 0. The van der Waals surface area contributed by atoms with E-state index in [1.807, 2.05) is 0 Å². The molecule has 24 heavy (non-hydrogen) atoms. The number of alkyl halides is 6. The molecule has 2 aromatic carbocycles. The lowest BCUT2D eigenvalue weighted by molar-refractivity contribution is -0.116. The largest absolute Gasteiger partial charge is 0.322 e. The third-order valence-electron chi connectivity index (χ3n) is 2.93. The van der Waals surface area contributed by atoms with Crippen LogP contribution in [0.15, 0.2) is 36.4 Å². The second-order valence-corrected chi connectivity index (χ2v) is 9.17. The molecule has 2 N–H and O–H groups in total. The highest BCUT2D eigenvalue weighted by atomic mass is 35.6. The number of amides is 2. The highest BCUT2D eigenvalue weighted by Gasteiger charge is 2.32. The first-order valence-corrected chi connectivity index (χ1v) is 8.55. The molecule has 0 radical (unpaired) electrons. The number of hydrogen-bond acceptors (Lipinski definition) is 2. The van der Waals surface area contributed by atoms with Crippen LogP contribution in [0.3, 0.4) is 0 Å². The first-order chi connectivity index (χ1) is 11.0. The van der Waals surface area contributed by atoms with Crippen molar-refractivity contribution in [1.82, 2.24) is 0 Å². The standard InChI is InChI=1S/C14H8Cl6N2O2/c15-13(16,17)11(23)21-9-5-1-3-7-8(9)4-2-6-10(7)22-12(24)14(18,19)20/h1-6H,(H,21,23)(H,22,24). The van der Waals surface area contributed by atoms with Gasteiger partial charge in [0.1, 0.15) is 0 Å². The van der Waals surface area contributed by atoms with Crippen molar-refractivity contribution < 1.29 is 9.59 Å². The van der Waals surface area contributed by atoms with Crippen LogP contribution in [0.1, 0.15) is 0 Å². The molecule has 2 rings (SSSR count). The first kappa shape index (κ1) is 19.7.